The number of anilines is 2. The summed E-state index contributed by atoms with van der Waals surface area (Å²) >= 11 is 1.24. The van der Waals surface area contributed by atoms with Crippen LogP contribution in [0.3, 0.4) is 0 Å². The van der Waals surface area contributed by atoms with E-state index in [4.69, 9.17) is 11.5 Å². The number of aromatic nitrogens is 3. The lowest BCUT2D eigenvalue weighted by molar-refractivity contribution is -0.129. The number of piperidine rings is 1. The van der Waals surface area contributed by atoms with Crippen molar-refractivity contribution >= 4 is 29.6 Å². The predicted octanol–water partition coefficient (Wildman–Crippen LogP) is 1.61. The SMILES string of the molecule is Nc1nc(N)nc(SCC(=O)N2CCC(Cc3ccccc3)CC2)n1. The largest absolute Gasteiger partial charge is 0.368 e. The van der Waals surface area contributed by atoms with Crippen LogP contribution in [0.15, 0.2) is 35.5 Å². The monoisotopic (exact) mass is 358 g/mol. The van der Waals surface area contributed by atoms with Crippen LogP contribution in [0.4, 0.5) is 11.9 Å². The zero-order valence-electron chi connectivity index (χ0n) is 14.0. The van der Waals surface area contributed by atoms with Gasteiger partial charge >= 0.3 is 0 Å². The van der Waals surface area contributed by atoms with Gasteiger partial charge in [-0.25, -0.2) is 0 Å². The van der Waals surface area contributed by atoms with Gasteiger partial charge in [0.2, 0.25) is 17.8 Å². The molecule has 4 N–H and O–H groups in total. The minimum atomic E-state index is 0.0733. The van der Waals surface area contributed by atoms with Gasteiger partial charge < -0.3 is 16.4 Å². The lowest BCUT2D eigenvalue weighted by Crippen LogP contribution is -2.39. The molecule has 2 aromatic rings. The fraction of sp³-hybridized carbons (Fsp3) is 0.412. The number of nitrogen functional groups attached to an aromatic ring is 2. The highest BCUT2D eigenvalue weighted by Crippen LogP contribution is 2.23. The Morgan fingerprint density at radius 3 is 2.36 bits per heavy atom. The van der Waals surface area contributed by atoms with Crippen molar-refractivity contribution in [1.82, 2.24) is 19.9 Å². The van der Waals surface area contributed by atoms with Crippen molar-refractivity contribution in [2.75, 3.05) is 30.3 Å². The molecule has 7 nitrogen and oxygen atoms in total. The third-order valence-electron chi connectivity index (χ3n) is 4.31. The zero-order valence-corrected chi connectivity index (χ0v) is 14.8. The van der Waals surface area contributed by atoms with Crippen LogP contribution in [0.2, 0.25) is 0 Å². The molecule has 1 aliphatic rings. The highest BCUT2D eigenvalue weighted by atomic mass is 32.2. The second-order valence-corrected chi connectivity index (χ2v) is 7.08. The van der Waals surface area contributed by atoms with E-state index >= 15 is 0 Å². The first kappa shape index (κ1) is 17.5. The van der Waals surface area contributed by atoms with E-state index in [0.717, 1.165) is 32.4 Å². The fourth-order valence-electron chi connectivity index (χ4n) is 3.00. The molecule has 0 unspecified atom stereocenters. The molecular weight excluding hydrogens is 336 g/mol. The van der Waals surface area contributed by atoms with E-state index < -0.39 is 0 Å². The molecule has 0 saturated carbocycles. The molecule has 0 bridgehead atoms. The number of hydrogen-bond donors (Lipinski definition) is 2. The number of thioether (sulfide) groups is 1. The standard InChI is InChI=1S/C17H22N6OS/c18-15-20-16(19)22-17(21-15)25-11-14(24)23-8-6-13(7-9-23)10-12-4-2-1-3-5-12/h1-5,13H,6-11H2,(H4,18,19,20,21,22). The topological polar surface area (TPSA) is 111 Å². The maximum absolute atomic E-state index is 12.4. The molecule has 3 rings (SSSR count). The van der Waals surface area contributed by atoms with Crippen LogP contribution in [0.25, 0.3) is 0 Å². The third-order valence-corrected chi connectivity index (χ3v) is 5.14. The number of amides is 1. The Kier molecular flexibility index (Phi) is 5.70. The quantitative estimate of drug-likeness (QED) is 0.781. The first-order valence-corrected chi connectivity index (χ1v) is 9.30. The molecule has 0 aliphatic carbocycles. The van der Waals surface area contributed by atoms with Crippen LogP contribution >= 0.6 is 11.8 Å². The van der Waals surface area contributed by atoms with Crippen molar-refractivity contribution in [2.45, 2.75) is 24.4 Å². The lowest BCUT2D eigenvalue weighted by atomic mass is 9.90. The van der Waals surface area contributed by atoms with Crippen molar-refractivity contribution in [1.29, 1.82) is 0 Å². The summed E-state index contributed by atoms with van der Waals surface area (Å²) in [5.74, 6) is 1.17. The molecule has 2 heterocycles. The maximum atomic E-state index is 12.4. The number of carbonyl (C=O) groups excluding carboxylic acids is 1. The number of likely N-dealkylation sites (tertiary alicyclic amines) is 1. The zero-order chi connectivity index (χ0) is 17.6. The van der Waals surface area contributed by atoms with E-state index in [2.05, 4.69) is 39.2 Å². The summed E-state index contributed by atoms with van der Waals surface area (Å²) in [5.41, 5.74) is 12.4. The van der Waals surface area contributed by atoms with Crippen LogP contribution < -0.4 is 11.5 Å². The van der Waals surface area contributed by atoms with Gasteiger partial charge in [-0.15, -0.1) is 0 Å². The van der Waals surface area contributed by atoms with Crippen molar-refractivity contribution in [3.8, 4) is 0 Å². The number of benzene rings is 1. The normalized spacial score (nSPS) is 15.3. The molecule has 8 heteroatoms. The Bertz CT molecular complexity index is 698. The van der Waals surface area contributed by atoms with Gasteiger partial charge in [-0.1, -0.05) is 42.1 Å². The molecule has 0 radical (unpaired) electrons. The fourth-order valence-corrected chi connectivity index (χ4v) is 3.76. The second-order valence-electron chi connectivity index (χ2n) is 6.14. The van der Waals surface area contributed by atoms with Gasteiger partial charge in [-0.3, -0.25) is 4.79 Å². The van der Waals surface area contributed by atoms with E-state index in [-0.39, 0.29) is 23.6 Å². The highest BCUT2D eigenvalue weighted by molar-refractivity contribution is 7.99. The molecule has 132 valence electrons. The number of nitrogens with zero attached hydrogens (tertiary/aromatic N) is 4. The van der Waals surface area contributed by atoms with Crippen LogP contribution in [-0.4, -0.2) is 44.6 Å². The number of carbonyl (C=O) groups is 1. The molecule has 1 aliphatic heterocycles. The Labute approximate surface area is 151 Å². The average molecular weight is 358 g/mol. The highest BCUT2D eigenvalue weighted by Gasteiger charge is 2.23. The van der Waals surface area contributed by atoms with Crippen molar-refractivity contribution in [3.63, 3.8) is 0 Å². The summed E-state index contributed by atoms with van der Waals surface area (Å²) in [6.07, 6.45) is 3.16. The second kappa shape index (κ2) is 8.15. The van der Waals surface area contributed by atoms with E-state index in [9.17, 15) is 4.79 Å². The minimum Gasteiger partial charge on any atom is -0.368 e. The third kappa shape index (κ3) is 5.06. The summed E-state index contributed by atoms with van der Waals surface area (Å²) in [4.78, 5) is 26.0. The summed E-state index contributed by atoms with van der Waals surface area (Å²) in [6, 6.07) is 10.5. The molecule has 1 aromatic carbocycles. The summed E-state index contributed by atoms with van der Waals surface area (Å²) < 4.78 is 0. The molecule has 1 fully saturated rings. The number of nitrogens with two attached hydrogens (primary N) is 2. The summed E-state index contributed by atoms with van der Waals surface area (Å²) in [7, 11) is 0. The number of hydrogen-bond acceptors (Lipinski definition) is 7. The average Bonchev–Trinajstić information content (AvgIpc) is 2.60. The van der Waals surface area contributed by atoms with E-state index in [0.29, 0.717) is 11.1 Å². The molecule has 1 saturated heterocycles. The minimum absolute atomic E-state index is 0.0733. The van der Waals surface area contributed by atoms with Crippen LogP contribution in [-0.2, 0) is 11.2 Å². The molecule has 1 amide bonds. The van der Waals surface area contributed by atoms with Gasteiger partial charge in [0, 0.05) is 13.1 Å². The summed E-state index contributed by atoms with van der Waals surface area (Å²) in [5, 5.41) is 0.386. The van der Waals surface area contributed by atoms with Crippen LogP contribution in [0, 0.1) is 5.92 Å². The molecular formula is C17H22N6OS. The Balaban J connectivity index is 1.45. The van der Waals surface area contributed by atoms with Gasteiger partial charge in [0.1, 0.15) is 0 Å². The molecule has 0 atom stereocenters. The predicted molar refractivity (Wildman–Crippen MR) is 98.8 cm³/mol. The maximum Gasteiger partial charge on any atom is 0.233 e. The van der Waals surface area contributed by atoms with Crippen LogP contribution in [0.5, 0.6) is 0 Å². The van der Waals surface area contributed by atoms with Gasteiger partial charge in [0.25, 0.3) is 0 Å². The van der Waals surface area contributed by atoms with Gasteiger partial charge in [0.05, 0.1) is 5.75 Å². The lowest BCUT2D eigenvalue weighted by Gasteiger charge is -2.32. The Morgan fingerprint density at radius 2 is 1.72 bits per heavy atom. The molecule has 1 aromatic heterocycles. The molecule has 0 spiro atoms. The first-order chi connectivity index (χ1) is 12.1. The van der Waals surface area contributed by atoms with Gasteiger partial charge in [0.15, 0.2) is 5.16 Å². The van der Waals surface area contributed by atoms with Gasteiger partial charge in [-0.2, -0.15) is 15.0 Å². The molecule has 25 heavy (non-hydrogen) atoms. The Morgan fingerprint density at radius 1 is 1.08 bits per heavy atom. The first-order valence-electron chi connectivity index (χ1n) is 8.31. The number of rotatable bonds is 5. The van der Waals surface area contributed by atoms with Crippen molar-refractivity contribution in [3.05, 3.63) is 35.9 Å². The van der Waals surface area contributed by atoms with E-state index in [1.807, 2.05) is 11.0 Å². The van der Waals surface area contributed by atoms with Crippen LogP contribution in [0.1, 0.15) is 18.4 Å². The Hall–Kier alpha value is -2.35. The van der Waals surface area contributed by atoms with Crippen molar-refractivity contribution < 1.29 is 4.79 Å². The van der Waals surface area contributed by atoms with Gasteiger partial charge in [-0.05, 0) is 30.7 Å². The van der Waals surface area contributed by atoms with E-state index in [1.54, 1.807) is 0 Å². The van der Waals surface area contributed by atoms with E-state index in [1.165, 1.54) is 17.3 Å². The van der Waals surface area contributed by atoms with Crippen molar-refractivity contribution in [2.24, 2.45) is 5.92 Å². The summed E-state index contributed by atoms with van der Waals surface area (Å²) in [6.45, 7) is 1.61. The smallest absolute Gasteiger partial charge is 0.233 e.